The maximum atomic E-state index is 11.9. The number of nitrogens with zero attached hydrogens (tertiary/aromatic N) is 5. The fraction of sp³-hybridized carbons (Fsp3) is 0.414. The number of nitriles is 1. The van der Waals surface area contributed by atoms with E-state index in [0.29, 0.717) is 23.7 Å². The van der Waals surface area contributed by atoms with E-state index in [1.54, 1.807) is 17.8 Å². The first-order chi connectivity index (χ1) is 18.2. The van der Waals surface area contributed by atoms with Crippen LogP contribution < -0.4 is 15.5 Å². The zero-order valence-corrected chi connectivity index (χ0v) is 22.3. The van der Waals surface area contributed by atoms with E-state index in [2.05, 4.69) is 40.5 Å². The monoisotopic (exact) mass is 510 g/mol. The number of hydrogen-bond donors (Lipinski definition) is 3. The van der Waals surface area contributed by atoms with E-state index in [9.17, 15) is 10.1 Å². The van der Waals surface area contributed by atoms with Gasteiger partial charge in [0.15, 0.2) is 0 Å². The smallest absolute Gasteiger partial charge is 0.217 e. The Morgan fingerprint density at radius 3 is 2.74 bits per heavy atom. The van der Waals surface area contributed by atoms with Gasteiger partial charge in [0.2, 0.25) is 5.91 Å². The molecule has 2 aromatic heterocycles. The summed E-state index contributed by atoms with van der Waals surface area (Å²) in [5.74, 6) is 1.53. The Morgan fingerprint density at radius 1 is 1.29 bits per heavy atom. The van der Waals surface area contributed by atoms with Gasteiger partial charge in [-0.3, -0.25) is 9.48 Å². The fourth-order valence-electron chi connectivity index (χ4n) is 6.62. The molecule has 5 rings (SSSR count). The van der Waals surface area contributed by atoms with Crippen LogP contribution in [0.4, 0.5) is 5.82 Å². The lowest BCUT2D eigenvalue weighted by Gasteiger charge is -2.53. The molecule has 9 heteroatoms. The van der Waals surface area contributed by atoms with Crippen LogP contribution in [0.2, 0.25) is 0 Å². The Kier molecular flexibility index (Phi) is 6.66. The molecule has 0 spiro atoms. The standard InChI is InChI=1S/C29H34N8O/c1-18-7-20-8-25(11-29(3,10-20)35-19(2)38)37(18)27-6-5-21(14-32-27)26-9-22(24-16-34-36(4)17-24)15-33-28(26)23(12-30)13-31/h5-6,9,12,14-18,20,25,30,33H,7-8,10-11H2,1-4H3,(H,35,38)/b28-23+,30-12?. The predicted molar refractivity (Wildman–Crippen MR) is 148 cm³/mol. The lowest BCUT2D eigenvalue weighted by molar-refractivity contribution is -0.121. The first-order valence-corrected chi connectivity index (χ1v) is 13.1. The number of allylic oxidation sites excluding steroid dienone is 4. The quantitative estimate of drug-likeness (QED) is 0.414. The lowest BCUT2D eigenvalue weighted by Crippen LogP contribution is -2.60. The molecule has 2 aliphatic heterocycles. The first-order valence-electron chi connectivity index (χ1n) is 13.1. The fourth-order valence-corrected chi connectivity index (χ4v) is 6.62. The average Bonchev–Trinajstić information content (AvgIpc) is 3.30. The number of amides is 1. The number of aryl methyl sites for hydroxylation is 1. The van der Waals surface area contributed by atoms with Crippen LogP contribution in [0, 0.1) is 22.7 Å². The molecule has 1 amide bonds. The van der Waals surface area contributed by atoms with Gasteiger partial charge in [0, 0.05) is 78.7 Å². The summed E-state index contributed by atoms with van der Waals surface area (Å²) in [5, 5.41) is 28.1. The third-order valence-corrected chi connectivity index (χ3v) is 7.89. The van der Waals surface area contributed by atoms with E-state index < -0.39 is 0 Å². The summed E-state index contributed by atoms with van der Waals surface area (Å²) in [7, 11) is 1.87. The molecule has 3 N–H and O–H groups in total. The maximum absolute atomic E-state index is 11.9. The summed E-state index contributed by atoms with van der Waals surface area (Å²) in [6.07, 6.45) is 14.6. The van der Waals surface area contributed by atoms with Crippen molar-refractivity contribution in [2.45, 2.75) is 64.1 Å². The Balaban J connectivity index is 1.47. The van der Waals surface area contributed by atoms with E-state index in [1.165, 1.54) is 0 Å². The Hall–Kier alpha value is -4.19. The minimum Gasteiger partial charge on any atom is -0.359 e. The second kappa shape index (κ2) is 9.93. The van der Waals surface area contributed by atoms with Crippen LogP contribution in [0.1, 0.15) is 57.6 Å². The van der Waals surface area contributed by atoms with Gasteiger partial charge in [-0.25, -0.2) is 4.98 Å². The van der Waals surface area contributed by atoms with Crippen molar-refractivity contribution in [3.05, 3.63) is 65.4 Å². The topological polar surface area (TPSA) is 123 Å². The molecule has 0 aromatic carbocycles. The molecule has 2 aromatic rings. The second-order valence-corrected chi connectivity index (χ2v) is 11.1. The van der Waals surface area contributed by atoms with Crippen molar-refractivity contribution in [3.8, 4) is 6.07 Å². The van der Waals surface area contributed by atoms with Crippen LogP contribution in [0.5, 0.6) is 0 Å². The summed E-state index contributed by atoms with van der Waals surface area (Å²) in [6.45, 7) is 6.02. The highest BCUT2D eigenvalue weighted by Crippen LogP contribution is 2.44. The molecule has 1 saturated heterocycles. The zero-order chi connectivity index (χ0) is 27.0. The molecular formula is C29H34N8O. The largest absolute Gasteiger partial charge is 0.359 e. The van der Waals surface area contributed by atoms with Crippen molar-refractivity contribution >= 4 is 29.1 Å². The van der Waals surface area contributed by atoms with Crippen molar-refractivity contribution in [1.29, 1.82) is 10.7 Å². The highest BCUT2D eigenvalue weighted by atomic mass is 16.1. The minimum absolute atomic E-state index is 0.0224. The van der Waals surface area contributed by atoms with Crippen LogP contribution in [0.15, 0.2) is 54.3 Å². The molecular weight excluding hydrogens is 476 g/mol. The summed E-state index contributed by atoms with van der Waals surface area (Å²) in [6, 6.07) is 6.87. The number of fused-ring (bicyclic) bond motifs is 2. The molecule has 9 nitrogen and oxygen atoms in total. The lowest BCUT2D eigenvalue weighted by atomic mass is 9.69. The average molecular weight is 511 g/mol. The van der Waals surface area contributed by atoms with Gasteiger partial charge in [0.1, 0.15) is 11.9 Å². The third kappa shape index (κ3) is 4.86. The predicted octanol–water partition coefficient (Wildman–Crippen LogP) is 3.93. The highest BCUT2D eigenvalue weighted by Gasteiger charge is 2.45. The number of anilines is 1. The third-order valence-electron chi connectivity index (χ3n) is 7.89. The molecule has 4 atom stereocenters. The number of piperidine rings is 1. The van der Waals surface area contributed by atoms with Gasteiger partial charge in [0.05, 0.1) is 17.5 Å². The molecule has 196 valence electrons. The number of aromatic nitrogens is 3. The van der Waals surface area contributed by atoms with E-state index in [4.69, 9.17) is 10.4 Å². The van der Waals surface area contributed by atoms with Gasteiger partial charge in [-0.15, -0.1) is 0 Å². The number of rotatable bonds is 5. The molecule has 4 unspecified atom stereocenters. The molecule has 3 aliphatic rings. The summed E-state index contributed by atoms with van der Waals surface area (Å²) >= 11 is 0. The molecule has 0 radical (unpaired) electrons. The summed E-state index contributed by atoms with van der Waals surface area (Å²) in [4.78, 5) is 19.2. The highest BCUT2D eigenvalue weighted by molar-refractivity contribution is 5.97. The SMILES string of the molecule is CC(=O)NC1(C)CC2CC(C)N(c3ccc(C4=CC(c5cnn(C)c5)=CN/C4=C(/C#N)C=N)cn3)C(C2)C1. The number of dihydropyridines is 1. The Labute approximate surface area is 223 Å². The van der Waals surface area contributed by atoms with E-state index in [0.717, 1.165) is 60.0 Å². The maximum Gasteiger partial charge on any atom is 0.217 e. The molecule has 1 aliphatic carbocycles. The molecule has 2 bridgehead atoms. The van der Waals surface area contributed by atoms with E-state index >= 15 is 0 Å². The van der Waals surface area contributed by atoms with Gasteiger partial charge in [-0.2, -0.15) is 10.4 Å². The Morgan fingerprint density at radius 2 is 2.11 bits per heavy atom. The molecule has 4 heterocycles. The van der Waals surface area contributed by atoms with Crippen LogP contribution in [0.25, 0.3) is 11.1 Å². The van der Waals surface area contributed by atoms with Crippen molar-refractivity contribution < 1.29 is 4.79 Å². The summed E-state index contributed by atoms with van der Waals surface area (Å²) in [5.41, 5.74) is 4.16. The van der Waals surface area contributed by atoms with Gasteiger partial charge in [-0.1, -0.05) is 0 Å². The van der Waals surface area contributed by atoms with Crippen molar-refractivity contribution in [2.24, 2.45) is 13.0 Å². The normalized spacial score (nSPS) is 27.9. The number of carbonyl (C=O) groups is 1. The van der Waals surface area contributed by atoms with E-state index in [-0.39, 0.29) is 17.0 Å². The number of hydrogen-bond acceptors (Lipinski definition) is 7. The molecule has 2 fully saturated rings. The van der Waals surface area contributed by atoms with Gasteiger partial charge in [-0.05, 0) is 63.7 Å². The summed E-state index contributed by atoms with van der Waals surface area (Å²) < 4.78 is 1.75. The van der Waals surface area contributed by atoms with Gasteiger partial charge < -0.3 is 20.9 Å². The number of carbonyl (C=O) groups excluding carboxylic acids is 1. The number of nitrogens with one attached hydrogen (secondary N) is 3. The van der Waals surface area contributed by atoms with Crippen molar-refractivity contribution in [2.75, 3.05) is 4.90 Å². The van der Waals surface area contributed by atoms with Crippen molar-refractivity contribution in [1.82, 2.24) is 25.4 Å². The van der Waals surface area contributed by atoms with E-state index in [1.807, 2.05) is 43.9 Å². The van der Waals surface area contributed by atoms with Crippen LogP contribution >= 0.6 is 0 Å². The first kappa shape index (κ1) is 25.5. The second-order valence-electron chi connectivity index (χ2n) is 11.1. The van der Waals surface area contributed by atoms with Gasteiger partial charge >= 0.3 is 0 Å². The Bertz CT molecular complexity index is 1390. The van der Waals surface area contributed by atoms with Crippen LogP contribution in [0.3, 0.4) is 0 Å². The van der Waals surface area contributed by atoms with Crippen LogP contribution in [-0.4, -0.2) is 44.5 Å². The molecule has 38 heavy (non-hydrogen) atoms. The zero-order valence-electron chi connectivity index (χ0n) is 22.3. The van der Waals surface area contributed by atoms with Gasteiger partial charge in [0.25, 0.3) is 0 Å². The minimum atomic E-state index is -0.203. The molecule has 1 saturated carbocycles. The van der Waals surface area contributed by atoms with Crippen LogP contribution in [-0.2, 0) is 11.8 Å². The number of pyridine rings is 1. The van der Waals surface area contributed by atoms with Crippen molar-refractivity contribution in [3.63, 3.8) is 0 Å².